The molecule has 0 amide bonds. The summed E-state index contributed by atoms with van der Waals surface area (Å²) in [4.78, 5) is 0. The molecule has 3 aliphatic rings. The van der Waals surface area contributed by atoms with Crippen molar-refractivity contribution in [1.82, 2.24) is 0 Å². The monoisotopic (exact) mass is 252 g/mol. The second-order valence-electron chi connectivity index (χ2n) is 6.97. The normalized spacial score (nSPS) is 37.2. The first-order valence-electron chi connectivity index (χ1n) is 8.08. The second kappa shape index (κ2) is 4.51. The number of aryl methyl sites for hydroxylation is 1. The maximum Gasteiger partial charge on any atom is -0.0128 e. The van der Waals surface area contributed by atoms with Crippen molar-refractivity contribution < 1.29 is 0 Å². The summed E-state index contributed by atoms with van der Waals surface area (Å²) in [5.74, 6) is 3.65. The highest BCUT2D eigenvalue weighted by atomic mass is 14.4. The van der Waals surface area contributed by atoms with Crippen LogP contribution in [0.3, 0.4) is 0 Å². The molecule has 3 aliphatic carbocycles. The summed E-state index contributed by atoms with van der Waals surface area (Å²) in [7, 11) is 0. The van der Waals surface area contributed by atoms with Crippen LogP contribution in [0, 0.1) is 17.8 Å². The highest BCUT2D eigenvalue weighted by molar-refractivity contribution is 5.34. The molecule has 4 atom stereocenters. The van der Waals surface area contributed by atoms with Gasteiger partial charge >= 0.3 is 0 Å². The Morgan fingerprint density at radius 2 is 1.84 bits per heavy atom. The Morgan fingerprint density at radius 1 is 0.947 bits per heavy atom. The standard InChI is InChI=1S/C19H24/c1-13-6-7-16-12-15(13)9-11-19-17-5-3-2-4-14(17)8-10-18(16)19/h2-5,15-16,18-19H,1,6-12H2/t15-,16?,18?,19?/m1/s1. The lowest BCUT2D eigenvalue weighted by molar-refractivity contribution is 0.214. The number of allylic oxidation sites excluding steroid dienone is 1. The van der Waals surface area contributed by atoms with Crippen LogP contribution in [-0.4, -0.2) is 0 Å². The first kappa shape index (κ1) is 11.8. The molecule has 19 heavy (non-hydrogen) atoms. The minimum atomic E-state index is 0.844. The molecule has 1 aromatic carbocycles. The molecule has 0 nitrogen and oxygen atoms in total. The summed E-state index contributed by atoms with van der Waals surface area (Å²) in [5.41, 5.74) is 4.89. The van der Waals surface area contributed by atoms with Gasteiger partial charge in [0.15, 0.2) is 0 Å². The van der Waals surface area contributed by atoms with Crippen molar-refractivity contribution in [2.45, 2.75) is 50.9 Å². The smallest absolute Gasteiger partial charge is 0.0128 e. The average molecular weight is 252 g/mol. The third kappa shape index (κ3) is 1.88. The van der Waals surface area contributed by atoms with Gasteiger partial charge in [-0.3, -0.25) is 0 Å². The quantitative estimate of drug-likeness (QED) is 0.564. The van der Waals surface area contributed by atoms with Crippen molar-refractivity contribution in [1.29, 1.82) is 0 Å². The molecule has 3 unspecified atom stereocenters. The van der Waals surface area contributed by atoms with Gasteiger partial charge < -0.3 is 0 Å². The zero-order valence-electron chi connectivity index (χ0n) is 11.8. The van der Waals surface area contributed by atoms with Gasteiger partial charge in [-0.15, -0.1) is 0 Å². The number of fused-ring (bicyclic) bond motifs is 6. The Morgan fingerprint density at radius 3 is 2.79 bits per heavy atom. The largest absolute Gasteiger partial charge is 0.0996 e. The first-order chi connectivity index (χ1) is 9.33. The lowest BCUT2D eigenvalue weighted by Gasteiger charge is -2.39. The van der Waals surface area contributed by atoms with Crippen LogP contribution in [0.2, 0.25) is 0 Å². The van der Waals surface area contributed by atoms with Crippen LogP contribution >= 0.6 is 0 Å². The molecule has 0 heteroatoms. The topological polar surface area (TPSA) is 0 Å². The minimum Gasteiger partial charge on any atom is -0.0996 e. The van der Waals surface area contributed by atoms with E-state index in [0.717, 1.165) is 23.7 Å². The van der Waals surface area contributed by atoms with E-state index in [1.807, 2.05) is 0 Å². The van der Waals surface area contributed by atoms with Crippen LogP contribution in [0.5, 0.6) is 0 Å². The molecular weight excluding hydrogens is 228 g/mol. The molecule has 0 aliphatic heterocycles. The van der Waals surface area contributed by atoms with Gasteiger partial charge in [-0.05, 0) is 79.7 Å². The van der Waals surface area contributed by atoms with Crippen molar-refractivity contribution in [3.8, 4) is 0 Å². The van der Waals surface area contributed by atoms with Gasteiger partial charge in [0, 0.05) is 0 Å². The summed E-state index contributed by atoms with van der Waals surface area (Å²) < 4.78 is 0. The Kier molecular flexibility index (Phi) is 2.79. The van der Waals surface area contributed by atoms with E-state index in [4.69, 9.17) is 0 Å². The zero-order valence-corrected chi connectivity index (χ0v) is 11.8. The summed E-state index contributed by atoms with van der Waals surface area (Å²) >= 11 is 0. The Labute approximate surface area is 116 Å². The van der Waals surface area contributed by atoms with Crippen molar-refractivity contribution in [2.24, 2.45) is 17.8 Å². The minimum absolute atomic E-state index is 0.844. The van der Waals surface area contributed by atoms with Gasteiger partial charge in [-0.25, -0.2) is 0 Å². The van der Waals surface area contributed by atoms with Crippen LogP contribution < -0.4 is 0 Å². The highest BCUT2D eigenvalue weighted by Gasteiger charge is 2.40. The van der Waals surface area contributed by atoms with Crippen LogP contribution in [0.25, 0.3) is 0 Å². The molecule has 4 rings (SSSR count). The Hall–Kier alpha value is -1.04. The van der Waals surface area contributed by atoms with E-state index in [0.29, 0.717) is 0 Å². The maximum atomic E-state index is 4.34. The molecule has 2 bridgehead atoms. The molecule has 2 saturated carbocycles. The van der Waals surface area contributed by atoms with Crippen molar-refractivity contribution >= 4 is 0 Å². The summed E-state index contributed by atoms with van der Waals surface area (Å²) in [5, 5.41) is 0. The zero-order chi connectivity index (χ0) is 12.8. The van der Waals surface area contributed by atoms with Crippen LogP contribution in [0.1, 0.15) is 55.6 Å². The fourth-order valence-electron chi connectivity index (χ4n) is 5.13. The molecule has 1 aromatic rings. The van der Waals surface area contributed by atoms with Gasteiger partial charge in [-0.1, -0.05) is 36.4 Å². The molecule has 100 valence electrons. The third-order valence-corrected chi connectivity index (χ3v) is 6.15. The van der Waals surface area contributed by atoms with Gasteiger partial charge in [0.05, 0.1) is 0 Å². The predicted octanol–water partition coefficient (Wildman–Crippen LogP) is 5.10. The number of benzene rings is 1. The number of hydrogen-bond acceptors (Lipinski definition) is 0. The van der Waals surface area contributed by atoms with Gasteiger partial charge in [0.2, 0.25) is 0 Å². The highest BCUT2D eigenvalue weighted by Crippen LogP contribution is 2.52. The van der Waals surface area contributed by atoms with E-state index in [1.54, 1.807) is 16.7 Å². The van der Waals surface area contributed by atoms with Crippen LogP contribution in [0.15, 0.2) is 36.4 Å². The summed E-state index contributed by atoms with van der Waals surface area (Å²) in [6.45, 7) is 4.34. The van der Waals surface area contributed by atoms with Crippen LogP contribution in [-0.2, 0) is 6.42 Å². The molecular formula is C19H24. The number of rotatable bonds is 0. The van der Waals surface area contributed by atoms with Crippen molar-refractivity contribution in [3.63, 3.8) is 0 Å². The Balaban J connectivity index is 1.71. The van der Waals surface area contributed by atoms with E-state index in [2.05, 4.69) is 30.8 Å². The number of hydrogen-bond donors (Lipinski definition) is 0. The van der Waals surface area contributed by atoms with Crippen molar-refractivity contribution in [2.75, 3.05) is 0 Å². The first-order valence-corrected chi connectivity index (χ1v) is 8.08. The molecule has 0 aromatic heterocycles. The van der Waals surface area contributed by atoms with E-state index < -0.39 is 0 Å². The molecule has 0 N–H and O–H groups in total. The predicted molar refractivity (Wildman–Crippen MR) is 80.2 cm³/mol. The van der Waals surface area contributed by atoms with E-state index >= 15 is 0 Å². The van der Waals surface area contributed by atoms with Crippen LogP contribution in [0.4, 0.5) is 0 Å². The fraction of sp³-hybridized carbons (Fsp3) is 0.579. The van der Waals surface area contributed by atoms with E-state index in [1.165, 1.54) is 44.9 Å². The SMILES string of the molecule is C=C1CCC2C[C@H]1CCC1c3ccccc3CCC21. The maximum absolute atomic E-state index is 4.34. The molecule has 0 heterocycles. The lowest BCUT2D eigenvalue weighted by Crippen LogP contribution is -2.28. The third-order valence-electron chi connectivity index (χ3n) is 6.15. The fourth-order valence-corrected chi connectivity index (χ4v) is 5.13. The van der Waals surface area contributed by atoms with E-state index in [9.17, 15) is 0 Å². The van der Waals surface area contributed by atoms with E-state index in [-0.39, 0.29) is 0 Å². The van der Waals surface area contributed by atoms with Gasteiger partial charge in [0.25, 0.3) is 0 Å². The van der Waals surface area contributed by atoms with Crippen molar-refractivity contribution in [3.05, 3.63) is 47.5 Å². The average Bonchev–Trinajstić information content (AvgIpc) is 2.61. The molecule has 2 fully saturated rings. The summed E-state index contributed by atoms with van der Waals surface area (Å²) in [6.07, 6.45) is 9.72. The lowest BCUT2D eigenvalue weighted by atomic mass is 9.66. The molecule has 0 radical (unpaired) electrons. The Bertz CT molecular complexity index is 499. The molecule has 0 saturated heterocycles. The second-order valence-corrected chi connectivity index (χ2v) is 6.97. The van der Waals surface area contributed by atoms with Gasteiger partial charge in [-0.2, -0.15) is 0 Å². The molecule has 0 spiro atoms. The summed E-state index contributed by atoms with van der Waals surface area (Å²) in [6, 6.07) is 9.24. The van der Waals surface area contributed by atoms with Gasteiger partial charge in [0.1, 0.15) is 0 Å².